The lowest BCUT2D eigenvalue weighted by atomic mass is 9.90. The van der Waals surface area contributed by atoms with Crippen LogP contribution in [0.15, 0.2) is 96.2 Å². The number of benzene rings is 3. The number of nitrogens with one attached hydrogen (secondary N) is 3. The normalized spacial score (nSPS) is 17.4. The molecule has 6 rings (SSSR count). The summed E-state index contributed by atoms with van der Waals surface area (Å²) in [6.07, 6.45) is -0.147. The van der Waals surface area contributed by atoms with Gasteiger partial charge < -0.3 is 10.1 Å². The number of amides is 1. The summed E-state index contributed by atoms with van der Waals surface area (Å²) in [4.78, 5) is 21.2. The molecule has 15 heteroatoms. The number of alkyl halides is 3. The molecular weight excluding hydrogens is 717 g/mol. The number of hydrogen-bond donors (Lipinski definition) is 3. The number of ether oxygens (including phenoxy) is 1. The summed E-state index contributed by atoms with van der Waals surface area (Å²) in [6.45, 7) is 5.14. The largest absolute Gasteiger partial charge is 0.444 e. The Kier molecular flexibility index (Phi) is 10.5. The maximum atomic E-state index is 14.4. The third-order valence-electron chi connectivity index (χ3n) is 8.60. The van der Waals surface area contributed by atoms with Crippen molar-refractivity contribution in [3.8, 4) is 11.3 Å². The van der Waals surface area contributed by atoms with Crippen molar-refractivity contribution in [1.29, 1.82) is 0 Å². The molecule has 2 heterocycles. The van der Waals surface area contributed by atoms with Crippen molar-refractivity contribution in [3.05, 3.63) is 102 Å². The van der Waals surface area contributed by atoms with Gasteiger partial charge in [0.25, 0.3) is 10.0 Å². The van der Waals surface area contributed by atoms with Crippen molar-refractivity contribution in [2.45, 2.75) is 81.3 Å². The molecule has 0 saturated heterocycles. The number of aromatic nitrogens is 3. The number of para-hydroxylation sites is 1. The highest BCUT2D eigenvalue weighted by molar-refractivity contribution is 7.90. The molecule has 1 fully saturated rings. The van der Waals surface area contributed by atoms with E-state index in [1.165, 1.54) is 52.8 Å². The van der Waals surface area contributed by atoms with Crippen LogP contribution in [-0.2, 0) is 14.8 Å². The maximum absolute atomic E-state index is 14.4. The van der Waals surface area contributed by atoms with E-state index in [0.29, 0.717) is 53.5 Å². The second-order valence-corrected chi connectivity index (χ2v) is 15.9. The van der Waals surface area contributed by atoms with Gasteiger partial charge in [0.15, 0.2) is 0 Å². The second kappa shape index (κ2) is 14.8. The van der Waals surface area contributed by atoms with Gasteiger partial charge in [-0.25, -0.2) is 27.2 Å². The van der Waals surface area contributed by atoms with Gasteiger partial charge in [-0.15, -0.1) is 0 Å². The molecule has 0 unspecified atom stereocenters. The SMILES string of the molecule is CC(C)(C)OC(=O)Nc1ccc([C@@H](N[C@H]2CCC[C@@H](Nc3ncc(Cl)c(-c4cn(S(=O)(=O)c5ccccc5)c5ccccc45)n3)C2)C(F)(F)F)cc1. The third-order valence-corrected chi connectivity index (χ3v) is 10.6. The Bertz CT molecular complexity index is 2160. The Morgan fingerprint density at radius 3 is 2.33 bits per heavy atom. The number of carbonyl (C=O) groups excluding carboxylic acids is 1. The number of carbonyl (C=O) groups is 1. The van der Waals surface area contributed by atoms with Gasteiger partial charge in [-0.2, -0.15) is 13.2 Å². The summed E-state index contributed by atoms with van der Waals surface area (Å²) >= 11 is 6.60. The Morgan fingerprint density at radius 2 is 1.63 bits per heavy atom. The number of fused-ring (bicyclic) bond motifs is 1. The molecule has 3 aromatic carbocycles. The number of hydrogen-bond acceptors (Lipinski definition) is 8. The monoisotopic (exact) mass is 754 g/mol. The maximum Gasteiger partial charge on any atom is 0.412 e. The van der Waals surface area contributed by atoms with Gasteiger partial charge in [-0.1, -0.05) is 60.1 Å². The molecule has 3 atom stereocenters. The molecule has 0 spiro atoms. The first-order valence-corrected chi connectivity index (χ1v) is 18.5. The minimum atomic E-state index is -4.58. The van der Waals surface area contributed by atoms with Gasteiger partial charge >= 0.3 is 12.3 Å². The molecule has 5 aromatic rings. The molecule has 274 valence electrons. The molecule has 1 saturated carbocycles. The minimum absolute atomic E-state index is 0.0106. The summed E-state index contributed by atoms with van der Waals surface area (Å²) < 4.78 is 76.9. The molecule has 2 aromatic heterocycles. The van der Waals surface area contributed by atoms with Gasteiger partial charge in [0, 0.05) is 34.9 Å². The average molecular weight is 755 g/mol. The third kappa shape index (κ3) is 8.51. The molecule has 0 radical (unpaired) electrons. The van der Waals surface area contributed by atoms with Crippen molar-refractivity contribution in [3.63, 3.8) is 0 Å². The molecule has 52 heavy (non-hydrogen) atoms. The van der Waals surface area contributed by atoms with Crippen molar-refractivity contribution in [1.82, 2.24) is 19.3 Å². The van der Waals surface area contributed by atoms with E-state index in [1.54, 1.807) is 63.2 Å². The first-order valence-electron chi connectivity index (χ1n) is 16.7. The van der Waals surface area contributed by atoms with Crippen LogP contribution in [-0.4, -0.2) is 52.3 Å². The van der Waals surface area contributed by atoms with E-state index in [1.807, 2.05) is 0 Å². The van der Waals surface area contributed by atoms with E-state index in [9.17, 15) is 26.4 Å². The van der Waals surface area contributed by atoms with E-state index >= 15 is 0 Å². The summed E-state index contributed by atoms with van der Waals surface area (Å²) in [6, 6.07) is 17.9. The summed E-state index contributed by atoms with van der Waals surface area (Å²) in [7, 11) is -3.95. The lowest BCUT2D eigenvalue weighted by Crippen LogP contribution is -2.45. The van der Waals surface area contributed by atoms with Gasteiger partial charge in [-0.3, -0.25) is 10.6 Å². The molecule has 1 aliphatic carbocycles. The van der Waals surface area contributed by atoms with Crippen LogP contribution in [0, 0.1) is 0 Å². The van der Waals surface area contributed by atoms with Gasteiger partial charge in [-0.05, 0) is 82.3 Å². The minimum Gasteiger partial charge on any atom is -0.444 e. The topological polar surface area (TPSA) is 127 Å². The molecule has 10 nitrogen and oxygen atoms in total. The van der Waals surface area contributed by atoms with Gasteiger partial charge in [0.1, 0.15) is 11.6 Å². The molecule has 1 amide bonds. The Balaban J connectivity index is 1.19. The summed E-state index contributed by atoms with van der Waals surface area (Å²) in [5, 5.41) is 9.44. The highest BCUT2D eigenvalue weighted by Gasteiger charge is 2.42. The lowest BCUT2D eigenvalue weighted by Gasteiger charge is -2.34. The quantitative estimate of drug-likeness (QED) is 0.136. The van der Waals surface area contributed by atoms with Crippen LogP contribution in [0.4, 0.5) is 29.6 Å². The Hall–Kier alpha value is -4.66. The Morgan fingerprint density at radius 1 is 0.962 bits per heavy atom. The zero-order valence-corrected chi connectivity index (χ0v) is 30.2. The molecule has 0 aliphatic heterocycles. The molecule has 0 bridgehead atoms. The zero-order chi connectivity index (χ0) is 37.3. The predicted octanol–water partition coefficient (Wildman–Crippen LogP) is 8.95. The number of anilines is 2. The summed E-state index contributed by atoms with van der Waals surface area (Å²) in [5.41, 5.74) is 0.834. The number of nitrogens with zero attached hydrogens (tertiary/aromatic N) is 3. The fourth-order valence-electron chi connectivity index (χ4n) is 6.32. The van der Waals surface area contributed by atoms with Crippen LogP contribution >= 0.6 is 11.6 Å². The van der Waals surface area contributed by atoms with Crippen molar-refractivity contribution in [2.24, 2.45) is 0 Å². The van der Waals surface area contributed by atoms with E-state index < -0.39 is 40.0 Å². The van der Waals surface area contributed by atoms with Crippen LogP contribution in [0.5, 0.6) is 0 Å². The lowest BCUT2D eigenvalue weighted by molar-refractivity contribution is -0.160. The smallest absolute Gasteiger partial charge is 0.412 e. The standard InChI is InChI=1S/C37H38ClF3N6O4S/c1-36(2,3)51-35(48)45-24-18-16-23(17-19-24)33(37(39,40)41)43-25-10-9-11-26(20-25)44-34-42-21-30(38)32(46-34)29-22-47(31-15-8-7-14-28(29)31)52(49,50)27-12-5-4-6-13-27/h4-8,12-19,21-22,25-26,33,43H,9-11,20H2,1-3H3,(H,45,48)(H,42,44,46)/t25-,26+,33+/m0/s1. The fourth-order valence-corrected chi connectivity index (χ4v) is 7.90. The zero-order valence-electron chi connectivity index (χ0n) is 28.6. The molecular formula is C37H38ClF3N6O4S. The van der Waals surface area contributed by atoms with Crippen LogP contribution in [0.25, 0.3) is 22.2 Å². The molecule has 3 N–H and O–H groups in total. The predicted molar refractivity (Wildman–Crippen MR) is 195 cm³/mol. The summed E-state index contributed by atoms with van der Waals surface area (Å²) in [5.74, 6) is 0.216. The van der Waals surface area contributed by atoms with E-state index in [-0.39, 0.29) is 27.5 Å². The fraction of sp³-hybridized carbons (Fsp3) is 0.324. The highest BCUT2D eigenvalue weighted by Crippen LogP contribution is 2.37. The second-order valence-electron chi connectivity index (χ2n) is 13.7. The number of halogens is 4. The van der Waals surface area contributed by atoms with E-state index in [2.05, 4.69) is 25.9 Å². The Labute approximate surface area is 304 Å². The van der Waals surface area contributed by atoms with Gasteiger partial charge in [0.2, 0.25) is 5.95 Å². The average Bonchev–Trinajstić information content (AvgIpc) is 3.48. The van der Waals surface area contributed by atoms with Gasteiger partial charge in [0.05, 0.1) is 27.3 Å². The van der Waals surface area contributed by atoms with Crippen LogP contribution in [0.2, 0.25) is 5.02 Å². The van der Waals surface area contributed by atoms with Crippen molar-refractivity contribution >= 4 is 50.3 Å². The van der Waals surface area contributed by atoms with E-state index in [4.69, 9.17) is 16.3 Å². The van der Waals surface area contributed by atoms with Crippen LogP contribution in [0.1, 0.15) is 58.1 Å². The van der Waals surface area contributed by atoms with Crippen molar-refractivity contribution in [2.75, 3.05) is 10.6 Å². The van der Waals surface area contributed by atoms with Crippen molar-refractivity contribution < 1.29 is 31.1 Å². The van der Waals surface area contributed by atoms with E-state index in [0.717, 1.165) is 0 Å². The highest BCUT2D eigenvalue weighted by atomic mass is 35.5. The number of rotatable bonds is 9. The first-order chi connectivity index (χ1) is 24.6. The van der Waals surface area contributed by atoms with Crippen LogP contribution in [0.3, 0.4) is 0 Å². The molecule has 1 aliphatic rings. The van der Waals surface area contributed by atoms with Crippen LogP contribution < -0.4 is 16.0 Å². The first kappa shape index (κ1) is 37.1.